The van der Waals surface area contributed by atoms with E-state index in [4.69, 9.17) is 11.6 Å². The van der Waals surface area contributed by atoms with Gasteiger partial charge in [0.25, 0.3) is 5.91 Å². The Balaban J connectivity index is 1.50. The second-order valence-electron chi connectivity index (χ2n) is 8.26. The molecule has 1 unspecified atom stereocenters. The van der Waals surface area contributed by atoms with Gasteiger partial charge in [0.2, 0.25) is 5.91 Å². The lowest BCUT2D eigenvalue weighted by molar-refractivity contribution is -0.141. The number of likely N-dealkylation sites (tertiary alicyclic amines) is 1. The third kappa shape index (κ3) is 7.60. The topological polar surface area (TPSA) is 61.4 Å². The van der Waals surface area contributed by atoms with E-state index in [1.807, 2.05) is 17.4 Å². The molecule has 2 N–H and O–H groups in total. The van der Waals surface area contributed by atoms with Gasteiger partial charge in [0.15, 0.2) is 0 Å². The van der Waals surface area contributed by atoms with Crippen molar-refractivity contribution in [3.63, 3.8) is 0 Å². The summed E-state index contributed by atoms with van der Waals surface area (Å²) >= 11 is 5.88. The number of hydrogen-bond donors (Lipinski definition) is 2. The van der Waals surface area contributed by atoms with E-state index in [-0.39, 0.29) is 24.1 Å². The molecule has 0 spiro atoms. The van der Waals surface area contributed by atoms with Crippen molar-refractivity contribution in [2.75, 3.05) is 26.2 Å². The number of carbonyl (C=O) groups excluding carboxylic acids is 2. The molecule has 1 fully saturated rings. The number of hydrogen-bond acceptors (Lipinski definition) is 3. The van der Waals surface area contributed by atoms with Crippen LogP contribution in [0.1, 0.15) is 33.5 Å². The summed E-state index contributed by atoms with van der Waals surface area (Å²) in [5.74, 6) is -1.94. The van der Waals surface area contributed by atoms with Gasteiger partial charge in [0.1, 0.15) is 0 Å². The van der Waals surface area contributed by atoms with Crippen molar-refractivity contribution in [1.29, 1.82) is 0 Å². The zero-order valence-electron chi connectivity index (χ0n) is 18.3. The molecule has 12 heteroatoms. The lowest BCUT2D eigenvalue weighted by atomic mass is 10.0. The molecule has 2 aromatic rings. The SMILES string of the molecule is O=C(CNC(=O)c1cc(C(F)(F)F)ccc1C(F)(F)F)NCC1CCN(Cc2ccc(Cl)cc2)C1. The molecule has 190 valence electrons. The first-order chi connectivity index (χ1) is 16.3. The minimum absolute atomic E-state index is 0.129. The predicted molar refractivity (Wildman–Crippen MR) is 117 cm³/mol. The molecular formula is C23H22ClF6N3O2. The van der Waals surface area contributed by atoms with Gasteiger partial charge >= 0.3 is 12.4 Å². The fraction of sp³-hybridized carbons (Fsp3) is 0.391. The van der Waals surface area contributed by atoms with E-state index in [1.54, 1.807) is 12.1 Å². The van der Waals surface area contributed by atoms with Gasteiger partial charge in [-0.25, -0.2) is 0 Å². The molecule has 0 radical (unpaired) electrons. The molecule has 1 heterocycles. The Morgan fingerprint density at radius 2 is 1.66 bits per heavy atom. The van der Waals surface area contributed by atoms with Gasteiger partial charge in [0.05, 0.1) is 23.2 Å². The third-order valence-electron chi connectivity index (χ3n) is 5.58. The quantitative estimate of drug-likeness (QED) is 0.517. The van der Waals surface area contributed by atoms with Crippen molar-refractivity contribution in [2.24, 2.45) is 5.92 Å². The van der Waals surface area contributed by atoms with Gasteiger partial charge in [-0.15, -0.1) is 0 Å². The summed E-state index contributed by atoms with van der Waals surface area (Å²) in [5, 5.41) is 5.22. The van der Waals surface area contributed by atoms with Crippen molar-refractivity contribution in [1.82, 2.24) is 15.5 Å². The molecule has 0 bridgehead atoms. The number of halogens is 7. The monoisotopic (exact) mass is 521 g/mol. The number of carbonyl (C=O) groups is 2. The fourth-order valence-electron chi connectivity index (χ4n) is 3.80. The van der Waals surface area contributed by atoms with E-state index < -0.39 is 47.4 Å². The number of alkyl halides is 6. The first kappa shape index (κ1) is 26.8. The first-order valence-electron chi connectivity index (χ1n) is 10.6. The standard InChI is InChI=1S/C23H22ClF6N3O2/c24-17-4-1-14(2-5-17)12-33-8-7-15(13-33)10-31-20(34)11-32-21(35)18-9-16(22(25,26)27)3-6-19(18)23(28,29)30/h1-6,9,15H,7-8,10-13H2,(H,31,34)(H,32,35). The van der Waals surface area contributed by atoms with Crippen LogP contribution in [0.3, 0.4) is 0 Å². The van der Waals surface area contributed by atoms with E-state index in [2.05, 4.69) is 10.2 Å². The third-order valence-corrected chi connectivity index (χ3v) is 5.84. The summed E-state index contributed by atoms with van der Waals surface area (Å²) in [5.41, 5.74) is -3.02. The first-order valence-corrected chi connectivity index (χ1v) is 11.0. The molecular weight excluding hydrogens is 500 g/mol. The van der Waals surface area contributed by atoms with Crippen molar-refractivity contribution < 1.29 is 35.9 Å². The van der Waals surface area contributed by atoms with Gasteiger partial charge in [-0.3, -0.25) is 14.5 Å². The number of rotatable bonds is 7. The minimum atomic E-state index is -5.04. The van der Waals surface area contributed by atoms with Crippen LogP contribution in [-0.4, -0.2) is 42.9 Å². The van der Waals surface area contributed by atoms with Crippen LogP contribution < -0.4 is 10.6 Å². The van der Waals surface area contributed by atoms with E-state index in [0.29, 0.717) is 18.1 Å². The second-order valence-corrected chi connectivity index (χ2v) is 8.70. The Kier molecular flexibility index (Phi) is 8.32. The average molecular weight is 522 g/mol. The Bertz CT molecular complexity index is 1060. The Hall–Kier alpha value is -2.79. The van der Waals surface area contributed by atoms with Crippen LogP contribution in [0.5, 0.6) is 0 Å². The molecule has 1 saturated heterocycles. The van der Waals surface area contributed by atoms with Crippen LogP contribution in [0.15, 0.2) is 42.5 Å². The molecule has 0 aromatic heterocycles. The summed E-state index contributed by atoms with van der Waals surface area (Å²) in [7, 11) is 0. The van der Waals surface area contributed by atoms with Crippen molar-refractivity contribution in [3.8, 4) is 0 Å². The van der Waals surface area contributed by atoms with Crippen molar-refractivity contribution in [3.05, 3.63) is 69.7 Å². The van der Waals surface area contributed by atoms with E-state index in [0.717, 1.165) is 25.1 Å². The van der Waals surface area contributed by atoms with Gasteiger partial charge in [-0.1, -0.05) is 23.7 Å². The summed E-state index contributed by atoms with van der Waals surface area (Å²) in [4.78, 5) is 26.5. The van der Waals surface area contributed by atoms with Crippen LogP contribution in [0.2, 0.25) is 5.02 Å². The second kappa shape index (κ2) is 10.9. The lowest BCUT2D eigenvalue weighted by Crippen LogP contribution is -2.39. The highest BCUT2D eigenvalue weighted by atomic mass is 35.5. The minimum Gasteiger partial charge on any atom is -0.354 e. The van der Waals surface area contributed by atoms with E-state index in [1.165, 1.54) is 0 Å². The Labute approximate surface area is 202 Å². The summed E-state index contributed by atoms with van der Waals surface area (Å²) in [6.45, 7) is 1.87. The lowest BCUT2D eigenvalue weighted by Gasteiger charge is -2.17. The zero-order chi connectivity index (χ0) is 25.8. The molecule has 5 nitrogen and oxygen atoms in total. The van der Waals surface area contributed by atoms with Crippen LogP contribution >= 0.6 is 11.6 Å². The highest BCUT2D eigenvalue weighted by Gasteiger charge is 2.38. The maximum atomic E-state index is 13.2. The number of nitrogens with one attached hydrogen (secondary N) is 2. The van der Waals surface area contributed by atoms with Crippen molar-refractivity contribution >= 4 is 23.4 Å². The largest absolute Gasteiger partial charge is 0.417 e. The molecule has 0 aliphatic carbocycles. The predicted octanol–water partition coefficient (Wildman–Crippen LogP) is 4.75. The van der Waals surface area contributed by atoms with Crippen molar-refractivity contribution in [2.45, 2.75) is 25.3 Å². The molecule has 1 aliphatic heterocycles. The summed E-state index contributed by atoms with van der Waals surface area (Å²) in [6, 6.07) is 8.04. The van der Waals surface area contributed by atoms with Gasteiger partial charge < -0.3 is 10.6 Å². The number of nitrogens with zero attached hydrogens (tertiary/aromatic N) is 1. The van der Waals surface area contributed by atoms with Gasteiger partial charge in [0, 0.05) is 24.7 Å². The zero-order valence-corrected chi connectivity index (χ0v) is 19.0. The summed E-state index contributed by atoms with van der Waals surface area (Å²) < 4.78 is 78.2. The smallest absolute Gasteiger partial charge is 0.354 e. The van der Waals surface area contributed by atoms with E-state index >= 15 is 0 Å². The maximum Gasteiger partial charge on any atom is 0.417 e. The molecule has 2 aromatic carbocycles. The fourth-order valence-corrected chi connectivity index (χ4v) is 3.93. The molecule has 3 rings (SSSR count). The number of benzene rings is 2. The molecule has 2 amide bonds. The molecule has 1 aliphatic rings. The van der Waals surface area contributed by atoms with Crippen LogP contribution in [0, 0.1) is 5.92 Å². The number of amides is 2. The van der Waals surface area contributed by atoms with Crippen LogP contribution in [-0.2, 0) is 23.7 Å². The van der Waals surface area contributed by atoms with Gasteiger partial charge in [-0.05, 0) is 54.8 Å². The normalized spacial score (nSPS) is 16.8. The van der Waals surface area contributed by atoms with E-state index in [9.17, 15) is 35.9 Å². The summed E-state index contributed by atoms with van der Waals surface area (Å²) in [6.07, 6.45) is -9.15. The van der Waals surface area contributed by atoms with Gasteiger partial charge in [-0.2, -0.15) is 26.3 Å². The highest BCUT2D eigenvalue weighted by Crippen LogP contribution is 2.36. The average Bonchev–Trinajstić information content (AvgIpc) is 3.23. The Morgan fingerprint density at radius 1 is 0.971 bits per heavy atom. The molecule has 0 saturated carbocycles. The van der Waals surface area contributed by atoms with Crippen LogP contribution in [0.4, 0.5) is 26.3 Å². The van der Waals surface area contributed by atoms with Crippen LogP contribution in [0.25, 0.3) is 0 Å². The highest BCUT2D eigenvalue weighted by molar-refractivity contribution is 6.30. The molecule has 35 heavy (non-hydrogen) atoms. The molecule has 1 atom stereocenters. The maximum absolute atomic E-state index is 13.2. The Morgan fingerprint density at radius 3 is 2.29 bits per heavy atom.